The maximum atomic E-state index is 13.2. The maximum Gasteiger partial charge on any atom is 0.220 e. The highest BCUT2D eigenvalue weighted by Gasteiger charge is 2.28. The third kappa shape index (κ3) is 3.12. The number of halogens is 1. The molecule has 134 valence electrons. The van der Waals surface area contributed by atoms with Crippen LogP contribution in [0.2, 0.25) is 0 Å². The van der Waals surface area contributed by atoms with E-state index in [4.69, 9.17) is 4.74 Å². The van der Waals surface area contributed by atoms with Crippen LogP contribution in [-0.2, 0) is 11.8 Å². The van der Waals surface area contributed by atoms with Gasteiger partial charge >= 0.3 is 0 Å². The summed E-state index contributed by atoms with van der Waals surface area (Å²) in [6.45, 7) is 2.59. The van der Waals surface area contributed by atoms with Crippen LogP contribution >= 0.6 is 0 Å². The van der Waals surface area contributed by atoms with Crippen LogP contribution in [0.5, 0.6) is 5.75 Å². The van der Waals surface area contributed by atoms with Crippen molar-refractivity contribution in [2.24, 2.45) is 13.0 Å². The first-order valence-electron chi connectivity index (χ1n) is 8.52. The van der Waals surface area contributed by atoms with Gasteiger partial charge in [0.1, 0.15) is 17.7 Å². The van der Waals surface area contributed by atoms with E-state index in [9.17, 15) is 9.18 Å². The third-order valence-corrected chi connectivity index (χ3v) is 4.71. The zero-order chi connectivity index (χ0) is 18.3. The van der Waals surface area contributed by atoms with Gasteiger partial charge in [0.15, 0.2) is 0 Å². The number of hydrogen-bond acceptors (Lipinski definition) is 4. The molecule has 1 N–H and O–H groups in total. The predicted molar refractivity (Wildman–Crippen MR) is 95.1 cm³/mol. The lowest BCUT2D eigenvalue weighted by Crippen LogP contribution is -2.25. The molecule has 1 aromatic carbocycles. The van der Waals surface area contributed by atoms with Crippen LogP contribution in [0.25, 0.3) is 22.2 Å². The fraction of sp³-hybridized carbons (Fsp3) is 0.316. The van der Waals surface area contributed by atoms with E-state index < -0.39 is 0 Å². The zero-order valence-electron chi connectivity index (χ0n) is 14.6. The average molecular weight is 354 g/mol. The first-order chi connectivity index (χ1) is 12.5. The molecule has 1 saturated heterocycles. The number of aromatic nitrogens is 3. The third-order valence-electron chi connectivity index (χ3n) is 4.71. The van der Waals surface area contributed by atoms with Crippen molar-refractivity contribution in [2.45, 2.75) is 19.4 Å². The molecule has 0 saturated carbocycles. The smallest absolute Gasteiger partial charge is 0.220 e. The summed E-state index contributed by atoms with van der Waals surface area (Å²) in [6, 6.07) is 6.81. The van der Waals surface area contributed by atoms with Crippen molar-refractivity contribution in [2.75, 3.05) is 6.54 Å². The fourth-order valence-electron chi connectivity index (χ4n) is 3.26. The highest BCUT2D eigenvalue weighted by Crippen LogP contribution is 2.33. The Hall–Kier alpha value is -2.96. The van der Waals surface area contributed by atoms with E-state index in [1.807, 2.05) is 32.3 Å². The fourth-order valence-corrected chi connectivity index (χ4v) is 3.26. The Kier molecular flexibility index (Phi) is 4.06. The zero-order valence-corrected chi connectivity index (χ0v) is 14.6. The van der Waals surface area contributed by atoms with Gasteiger partial charge in [0, 0.05) is 37.7 Å². The summed E-state index contributed by atoms with van der Waals surface area (Å²) in [4.78, 5) is 15.6. The van der Waals surface area contributed by atoms with Gasteiger partial charge in [0.2, 0.25) is 5.91 Å². The van der Waals surface area contributed by atoms with Crippen molar-refractivity contribution >= 4 is 16.8 Å². The van der Waals surface area contributed by atoms with Crippen LogP contribution in [0.15, 0.2) is 36.7 Å². The molecule has 6 nitrogen and oxygen atoms in total. The Labute approximate surface area is 150 Å². The topological polar surface area (TPSA) is 69.0 Å². The molecule has 4 rings (SSSR count). The number of nitrogens with one attached hydrogen (secondary N) is 1. The van der Waals surface area contributed by atoms with Crippen LogP contribution in [0.4, 0.5) is 4.39 Å². The molecule has 0 aliphatic carbocycles. The standard InChI is InChI=1S/C19H19FN4O2/c1-11(13-7-19(25)22-8-13)26-18-6-12(16-4-3-14(20)9-21-16)5-17-15(18)10-24(2)23-17/h3-6,9-11,13H,7-8H2,1-2H3,(H,22,25)/t11?,13-/m1/s1. The molecule has 2 atom stereocenters. The minimum atomic E-state index is -0.379. The highest BCUT2D eigenvalue weighted by atomic mass is 19.1. The minimum Gasteiger partial charge on any atom is -0.490 e. The number of pyridine rings is 1. The summed E-state index contributed by atoms with van der Waals surface area (Å²) in [7, 11) is 1.85. The molecule has 0 radical (unpaired) electrons. The molecule has 3 aromatic rings. The molecule has 0 spiro atoms. The van der Waals surface area contributed by atoms with Crippen molar-refractivity contribution < 1.29 is 13.9 Å². The van der Waals surface area contributed by atoms with E-state index in [1.54, 1.807) is 10.7 Å². The largest absolute Gasteiger partial charge is 0.490 e. The quantitative estimate of drug-likeness (QED) is 0.782. The van der Waals surface area contributed by atoms with Gasteiger partial charge < -0.3 is 10.1 Å². The van der Waals surface area contributed by atoms with E-state index in [0.29, 0.717) is 24.4 Å². The molecule has 0 bridgehead atoms. The Morgan fingerprint density at radius 3 is 2.92 bits per heavy atom. The molecule has 7 heteroatoms. The van der Waals surface area contributed by atoms with Gasteiger partial charge in [-0.25, -0.2) is 4.39 Å². The van der Waals surface area contributed by atoms with Crippen molar-refractivity contribution in [3.05, 3.63) is 42.5 Å². The van der Waals surface area contributed by atoms with E-state index in [1.165, 1.54) is 12.3 Å². The molecule has 3 heterocycles. The second kappa shape index (κ2) is 6.40. The number of rotatable bonds is 4. The Morgan fingerprint density at radius 1 is 1.38 bits per heavy atom. The summed E-state index contributed by atoms with van der Waals surface area (Å²) in [6.07, 6.45) is 3.43. The normalized spacial score (nSPS) is 18.1. The highest BCUT2D eigenvalue weighted by molar-refractivity contribution is 5.89. The van der Waals surface area contributed by atoms with Crippen LogP contribution in [0, 0.1) is 11.7 Å². The number of carbonyl (C=O) groups is 1. The van der Waals surface area contributed by atoms with Crippen LogP contribution < -0.4 is 10.1 Å². The second-order valence-electron chi connectivity index (χ2n) is 6.66. The van der Waals surface area contributed by atoms with Gasteiger partial charge in [-0.1, -0.05) is 0 Å². The molecule has 1 fully saturated rings. The molecule has 1 aliphatic heterocycles. The van der Waals surface area contributed by atoms with Crippen molar-refractivity contribution in [1.29, 1.82) is 0 Å². The molecular formula is C19H19FN4O2. The number of fused-ring (bicyclic) bond motifs is 1. The summed E-state index contributed by atoms with van der Waals surface area (Å²) < 4.78 is 21.1. The van der Waals surface area contributed by atoms with E-state index in [2.05, 4.69) is 15.4 Å². The average Bonchev–Trinajstić information content (AvgIpc) is 3.20. The lowest BCUT2D eigenvalue weighted by molar-refractivity contribution is -0.119. The number of nitrogens with zero attached hydrogens (tertiary/aromatic N) is 3. The predicted octanol–water partition coefficient (Wildman–Crippen LogP) is 2.68. The van der Waals surface area contributed by atoms with E-state index in [0.717, 1.165) is 16.5 Å². The lowest BCUT2D eigenvalue weighted by Gasteiger charge is -2.20. The first-order valence-corrected chi connectivity index (χ1v) is 8.52. The van der Waals surface area contributed by atoms with Gasteiger partial charge in [-0.15, -0.1) is 0 Å². The lowest BCUT2D eigenvalue weighted by atomic mass is 10.0. The van der Waals surface area contributed by atoms with Gasteiger partial charge in [0.25, 0.3) is 0 Å². The van der Waals surface area contributed by atoms with Gasteiger partial charge in [0.05, 0.1) is 22.8 Å². The maximum absolute atomic E-state index is 13.2. The first kappa shape index (κ1) is 16.5. The van der Waals surface area contributed by atoms with Gasteiger partial charge in [-0.2, -0.15) is 5.10 Å². The van der Waals surface area contributed by atoms with Crippen molar-refractivity contribution in [1.82, 2.24) is 20.1 Å². The van der Waals surface area contributed by atoms with E-state index in [-0.39, 0.29) is 23.7 Å². The molecule has 26 heavy (non-hydrogen) atoms. The monoisotopic (exact) mass is 354 g/mol. The van der Waals surface area contributed by atoms with Crippen molar-refractivity contribution in [3.63, 3.8) is 0 Å². The Morgan fingerprint density at radius 2 is 2.23 bits per heavy atom. The summed E-state index contributed by atoms with van der Waals surface area (Å²) in [5.74, 6) is 0.489. The number of aryl methyl sites for hydroxylation is 1. The summed E-state index contributed by atoms with van der Waals surface area (Å²) >= 11 is 0. The summed E-state index contributed by atoms with van der Waals surface area (Å²) in [5.41, 5.74) is 2.23. The number of ether oxygens (including phenoxy) is 1. The van der Waals surface area contributed by atoms with Crippen LogP contribution in [0.1, 0.15) is 13.3 Å². The number of amides is 1. The van der Waals surface area contributed by atoms with Gasteiger partial charge in [-0.3, -0.25) is 14.5 Å². The molecule has 1 unspecified atom stereocenters. The van der Waals surface area contributed by atoms with Crippen molar-refractivity contribution in [3.8, 4) is 17.0 Å². The van der Waals surface area contributed by atoms with E-state index >= 15 is 0 Å². The van der Waals surface area contributed by atoms with Gasteiger partial charge in [-0.05, 0) is 31.2 Å². The number of carbonyl (C=O) groups excluding carboxylic acids is 1. The van der Waals surface area contributed by atoms with Crippen LogP contribution in [-0.4, -0.2) is 33.3 Å². The second-order valence-corrected chi connectivity index (χ2v) is 6.66. The molecular weight excluding hydrogens is 335 g/mol. The summed E-state index contributed by atoms with van der Waals surface area (Å²) in [5, 5.41) is 8.19. The minimum absolute atomic E-state index is 0.0567. The Bertz CT molecular complexity index is 968. The number of benzene rings is 1. The Balaban J connectivity index is 1.72. The number of hydrogen-bond donors (Lipinski definition) is 1. The molecule has 1 amide bonds. The SMILES string of the molecule is CC(Oc1cc(-c2ccc(F)cn2)cc2nn(C)cc12)[C@H]1CNC(=O)C1. The molecule has 2 aromatic heterocycles. The molecule has 1 aliphatic rings. The van der Waals surface area contributed by atoms with Crippen LogP contribution in [0.3, 0.4) is 0 Å².